The lowest BCUT2D eigenvalue weighted by molar-refractivity contribution is -0.0216. The Bertz CT molecular complexity index is 354. The number of carbonyl (C=O) groups is 1. The van der Waals surface area contributed by atoms with Crippen LogP contribution in [-0.4, -0.2) is 22.6 Å². The normalized spacial score (nSPS) is 24.3. The Morgan fingerprint density at radius 3 is 3.00 bits per heavy atom. The molecule has 1 aliphatic rings. The quantitative estimate of drug-likeness (QED) is 0.712. The van der Waals surface area contributed by atoms with Crippen LogP contribution in [0.25, 0.3) is 0 Å². The third-order valence-corrected chi connectivity index (χ3v) is 2.88. The van der Waals surface area contributed by atoms with Crippen molar-refractivity contribution in [1.82, 2.24) is 4.57 Å². The highest BCUT2D eigenvalue weighted by Gasteiger charge is 2.31. The second kappa shape index (κ2) is 3.81. The van der Waals surface area contributed by atoms with E-state index >= 15 is 0 Å². The standard InChI is InChI=1S/C12H17NO2/c1-12(2)5-3-11(15-12)8-13-6-4-10(7-13)9-14/h4,6-7,9,11H,3,5,8H2,1-2H3. The first kappa shape index (κ1) is 10.4. The highest BCUT2D eigenvalue weighted by atomic mass is 16.5. The number of aromatic nitrogens is 1. The lowest BCUT2D eigenvalue weighted by Gasteiger charge is -2.19. The number of aldehydes is 1. The maximum absolute atomic E-state index is 10.5. The summed E-state index contributed by atoms with van der Waals surface area (Å²) in [7, 11) is 0. The summed E-state index contributed by atoms with van der Waals surface area (Å²) in [6.45, 7) is 5.09. The third kappa shape index (κ3) is 2.48. The van der Waals surface area contributed by atoms with Gasteiger partial charge >= 0.3 is 0 Å². The molecule has 0 amide bonds. The zero-order chi connectivity index (χ0) is 10.9. The number of ether oxygens (including phenoxy) is 1. The summed E-state index contributed by atoms with van der Waals surface area (Å²) in [5.74, 6) is 0. The third-order valence-electron chi connectivity index (χ3n) is 2.88. The lowest BCUT2D eigenvalue weighted by atomic mass is 10.1. The van der Waals surface area contributed by atoms with Crippen LogP contribution in [0.3, 0.4) is 0 Å². The monoisotopic (exact) mass is 207 g/mol. The fourth-order valence-corrected chi connectivity index (χ4v) is 2.08. The molecule has 2 rings (SSSR count). The molecule has 1 aromatic heterocycles. The van der Waals surface area contributed by atoms with Gasteiger partial charge in [-0.1, -0.05) is 0 Å². The molecule has 0 radical (unpaired) electrons. The van der Waals surface area contributed by atoms with Gasteiger partial charge < -0.3 is 9.30 Å². The molecule has 82 valence electrons. The van der Waals surface area contributed by atoms with E-state index in [2.05, 4.69) is 13.8 Å². The van der Waals surface area contributed by atoms with Crippen LogP contribution in [0.5, 0.6) is 0 Å². The van der Waals surface area contributed by atoms with Crippen molar-refractivity contribution in [3.63, 3.8) is 0 Å². The van der Waals surface area contributed by atoms with Gasteiger partial charge in [-0.15, -0.1) is 0 Å². The average molecular weight is 207 g/mol. The summed E-state index contributed by atoms with van der Waals surface area (Å²) < 4.78 is 7.91. The molecule has 3 heteroatoms. The molecule has 1 fully saturated rings. The van der Waals surface area contributed by atoms with Crippen molar-refractivity contribution in [2.75, 3.05) is 0 Å². The van der Waals surface area contributed by atoms with Gasteiger partial charge in [0.25, 0.3) is 0 Å². The topological polar surface area (TPSA) is 31.2 Å². The van der Waals surface area contributed by atoms with E-state index in [0.29, 0.717) is 0 Å². The van der Waals surface area contributed by atoms with Crippen LogP contribution in [0.2, 0.25) is 0 Å². The number of nitrogens with zero attached hydrogens (tertiary/aromatic N) is 1. The highest BCUT2D eigenvalue weighted by molar-refractivity contribution is 5.74. The molecule has 0 saturated carbocycles. The van der Waals surface area contributed by atoms with Crippen molar-refractivity contribution in [2.24, 2.45) is 0 Å². The van der Waals surface area contributed by atoms with E-state index in [1.807, 2.05) is 23.0 Å². The molecule has 0 aromatic carbocycles. The van der Waals surface area contributed by atoms with Gasteiger partial charge in [0.1, 0.15) is 0 Å². The van der Waals surface area contributed by atoms with E-state index in [9.17, 15) is 4.79 Å². The molecule has 1 atom stereocenters. The largest absolute Gasteiger partial charge is 0.370 e. The van der Waals surface area contributed by atoms with Gasteiger partial charge in [0.2, 0.25) is 0 Å². The summed E-state index contributed by atoms with van der Waals surface area (Å²) in [4.78, 5) is 10.5. The molecule has 0 bridgehead atoms. The number of hydrogen-bond donors (Lipinski definition) is 0. The molecule has 0 aliphatic carbocycles. The fourth-order valence-electron chi connectivity index (χ4n) is 2.08. The smallest absolute Gasteiger partial charge is 0.151 e. The van der Waals surface area contributed by atoms with E-state index in [0.717, 1.165) is 31.2 Å². The van der Waals surface area contributed by atoms with Gasteiger partial charge in [0.15, 0.2) is 6.29 Å². The van der Waals surface area contributed by atoms with E-state index in [1.54, 1.807) is 0 Å². The predicted molar refractivity (Wildman–Crippen MR) is 58.0 cm³/mol. The number of rotatable bonds is 3. The summed E-state index contributed by atoms with van der Waals surface area (Å²) in [5, 5.41) is 0. The van der Waals surface area contributed by atoms with E-state index in [-0.39, 0.29) is 11.7 Å². The summed E-state index contributed by atoms with van der Waals surface area (Å²) in [5.41, 5.74) is 0.748. The van der Waals surface area contributed by atoms with Crippen LogP contribution in [0.1, 0.15) is 37.0 Å². The molecular formula is C12H17NO2. The number of hydrogen-bond acceptors (Lipinski definition) is 2. The van der Waals surface area contributed by atoms with Crippen molar-refractivity contribution in [2.45, 2.75) is 44.9 Å². The molecule has 0 N–H and O–H groups in total. The van der Waals surface area contributed by atoms with E-state index in [4.69, 9.17) is 4.74 Å². The molecule has 2 heterocycles. The SMILES string of the molecule is CC1(C)CCC(Cn2ccc(C=O)c2)O1. The van der Waals surface area contributed by atoms with Crippen molar-refractivity contribution < 1.29 is 9.53 Å². The molecule has 1 unspecified atom stereocenters. The van der Waals surface area contributed by atoms with Gasteiger partial charge in [0.05, 0.1) is 11.7 Å². The van der Waals surface area contributed by atoms with Crippen molar-refractivity contribution in [3.05, 3.63) is 24.0 Å². The molecule has 0 spiro atoms. The Balaban J connectivity index is 1.95. The Labute approximate surface area is 90.0 Å². The second-order valence-corrected chi connectivity index (χ2v) is 4.80. The maximum Gasteiger partial charge on any atom is 0.151 e. The maximum atomic E-state index is 10.5. The minimum Gasteiger partial charge on any atom is -0.370 e. The summed E-state index contributed by atoms with van der Waals surface area (Å²) in [6, 6.07) is 1.83. The van der Waals surface area contributed by atoms with Gasteiger partial charge in [-0.25, -0.2) is 0 Å². The minimum absolute atomic E-state index is 0.0192. The van der Waals surface area contributed by atoms with Crippen LogP contribution in [0.15, 0.2) is 18.5 Å². The second-order valence-electron chi connectivity index (χ2n) is 4.80. The lowest BCUT2D eigenvalue weighted by Crippen LogP contribution is -2.22. The Morgan fingerprint density at radius 1 is 1.67 bits per heavy atom. The van der Waals surface area contributed by atoms with Crippen molar-refractivity contribution in [1.29, 1.82) is 0 Å². The summed E-state index contributed by atoms with van der Waals surface area (Å²) >= 11 is 0. The Hall–Kier alpha value is -1.09. The summed E-state index contributed by atoms with van der Waals surface area (Å²) in [6.07, 6.45) is 7.16. The minimum atomic E-state index is 0.0192. The van der Waals surface area contributed by atoms with Gasteiger partial charge in [-0.3, -0.25) is 4.79 Å². The average Bonchev–Trinajstić information content (AvgIpc) is 2.73. The van der Waals surface area contributed by atoms with Crippen LogP contribution in [0.4, 0.5) is 0 Å². The molecular weight excluding hydrogens is 190 g/mol. The molecule has 1 saturated heterocycles. The van der Waals surface area contributed by atoms with Gasteiger partial charge in [-0.05, 0) is 32.8 Å². The van der Waals surface area contributed by atoms with Crippen molar-refractivity contribution >= 4 is 6.29 Å². The molecule has 1 aliphatic heterocycles. The molecule has 15 heavy (non-hydrogen) atoms. The number of carbonyl (C=O) groups excluding carboxylic acids is 1. The highest BCUT2D eigenvalue weighted by Crippen LogP contribution is 2.30. The van der Waals surface area contributed by atoms with Gasteiger partial charge in [-0.2, -0.15) is 0 Å². The first-order valence-electron chi connectivity index (χ1n) is 5.38. The van der Waals surface area contributed by atoms with Gasteiger partial charge in [0, 0.05) is 24.5 Å². The molecule has 1 aromatic rings. The van der Waals surface area contributed by atoms with Crippen LogP contribution in [-0.2, 0) is 11.3 Å². The fraction of sp³-hybridized carbons (Fsp3) is 0.583. The van der Waals surface area contributed by atoms with E-state index < -0.39 is 0 Å². The Kier molecular flexibility index (Phi) is 2.65. The first-order chi connectivity index (χ1) is 7.09. The predicted octanol–water partition coefficient (Wildman–Crippen LogP) is 2.26. The van der Waals surface area contributed by atoms with Crippen LogP contribution >= 0.6 is 0 Å². The van der Waals surface area contributed by atoms with Crippen LogP contribution < -0.4 is 0 Å². The Morgan fingerprint density at radius 2 is 2.47 bits per heavy atom. The van der Waals surface area contributed by atoms with E-state index in [1.165, 1.54) is 0 Å². The van der Waals surface area contributed by atoms with Crippen molar-refractivity contribution in [3.8, 4) is 0 Å². The first-order valence-corrected chi connectivity index (χ1v) is 5.38. The zero-order valence-corrected chi connectivity index (χ0v) is 9.27. The molecule has 3 nitrogen and oxygen atoms in total. The van der Waals surface area contributed by atoms with Crippen LogP contribution in [0, 0.1) is 0 Å². The zero-order valence-electron chi connectivity index (χ0n) is 9.27.